The summed E-state index contributed by atoms with van der Waals surface area (Å²) in [6.45, 7) is 1.08. The van der Waals surface area contributed by atoms with E-state index in [2.05, 4.69) is 22.8 Å². The normalized spacial score (nSPS) is 22.6. The second-order valence-corrected chi connectivity index (χ2v) is 6.81. The van der Waals surface area contributed by atoms with Crippen molar-refractivity contribution < 1.29 is 4.79 Å². The molecule has 4 rings (SSSR count). The fraction of sp³-hybridized carbons (Fsp3) is 0.526. The third-order valence-electron chi connectivity index (χ3n) is 5.60. The van der Waals surface area contributed by atoms with Crippen molar-refractivity contribution in [2.75, 3.05) is 0 Å². The maximum absolute atomic E-state index is 11.7. The van der Waals surface area contributed by atoms with Crippen LogP contribution in [0.2, 0.25) is 0 Å². The highest BCUT2D eigenvalue weighted by Gasteiger charge is 2.31. The third-order valence-corrected chi connectivity index (χ3v) is 5.60. The molecule has 1 aromatic carbocycles. The molecule has 0 N–H and O–H groups in total. The van der Waals surface area contributed by atoms with Gasteiger partial charge in [-0.05, 0) is 24.8 Å². The number of aldehydes is 1. The molecule has 0 radical (unpaired) electrons. The Balaban J connectivity index is 1.71. The van der Waals surface area contributed by atoms with Crippen LogP contribution in [-0.2, 0) is 6.54 Å². The van der Waals surface area contributed by atoms with Gasteiger partial charge in [0.1, 0.15) is 0 Å². The number of nitrogens with zero attached hydrogens (tertiary/aromatic N) is 1. The first-order valence-corrected chi connectivity index (χ1v) is 8.45. The van der Waals surface area contributed by atoms with Crippen LogP contribution in [0.4, 0.5) is 0 Å². The average molecular weight is 281 g/mol. The zero-order chi connectivity index (χ0) is 14.2. The van der Waals surface area contributed by atoms with Crippen molar-refractivity contribution in [1.82, 2.24) is 4.57 Å². The van der Waals surface area contributed by atoms with Gasteiger partial charge in [-0.1, -0.05) is 50.3 Å². The van der Waals surface area contributed by atoms with Gasteiger partial charge in [0.2, 0.25) is 0 Å². The van der Waals surface area contributed by atoms with E-state index in [0.717, 1.165) is 29.7 Å². The smallest absolute Gasteiger partial charge is 0.152 e. The van der Waals surface area contributed by atoms with E-state index in [9.17, 15) is 4.79 Å². The van der Waals surface area contributed by atoms with Crippen molar-refractivity contribution in [2.24, 2.45) is 5.92 Å². The van der Waals surface area contributed by atoms with E-state index in [1.807, 2.05) is 6.07 Å². The van der Waals surface area contributed by atoms with E-state index in [-0.39, 0.29) is 0 Å². The predicted molar refractivity (Wildman–Crippen MR) is 85.9 cm³/mol. The van der Waals surface area contributed by atoms with Crippen molar-refractivity contribution in [1.29, 1.82) is 0 Å². The second-order valence-electron chi connectivity index (χ2n) is 6.81. The maximum atomic E-state index is 11.7. The molecule has 110 valence electrons. The summed E-state index contributed by atoms with van der Waals surface area (Å²) in [6, 6.07) is 8.39. The molecular weight excluding hydrogens is 258 g/mol. The number of rotatable bonds is 3. The van der Waals surface area contributed by atoms with Crippen LogP contribution in [0.1, 0.15) is 66.9 Å². The lowest BCUT2D eigenvalue weighted by atomic mass is 9.81. The molecule has 0 saturated heterocycles. The van der Waals surface area contributed by atoms with Crippen molar-refractivity contribution in [3.63, 3.8) is 0 Å². The number of carbonyl (C=O) groups is 1. The summed E-state index contributed by atoms with van der Waals surface area (Å²) >= 11 is 0. The van der Waals surface area contributed by atoms with Crippen molar-refractivity contribution in [3.05, 3.63) is 35.5 Å². The molecule has 2 aliphatic rings. The number of para-hydroxylation sites is 1. The van der Waals surface area contributed by atoms with Gasteiger partial charge in [0, 0.05) is 34.6 Å². The van der Waals surface area contributed by atoms with E-state index in [1.54, 1.807) is 0 Å². The van der Waals surface area contributed by atoms with Crippen LogP contribution in [-0.4, -0.2) is 10.9 Å². The first-order valence-electron chi connectivity index (χ1n) is 8.45. The lowest BCUT2D eigenvalue weighted by Gasteiger charge is -2.24. The molecular formula is C19H23NO. The summed E-state index contributed by atoms with van der Waals surface area (Å²) in [5.41, 5.74) is 3.54. The summed E-state index contributed by atoms with van der Waals surface area (Å²) in [6.07, 6.45) is 10.6. The van der Waals surface area contributed by atoms with Crippen LogP contribution >= 0.6 is 0 Å². The Hall–Kier alpha value is -1.57. The molecule has 2 heterocycles. The van der Waals surface area contributed by atoms with Gasteiger partial charge in [-0.15, -0.1) is 0 Å². The number of fused-ring (bicyclic) bond motifs is 3. The van der Waals surface area contributed by atoms with Gasteiger partial charge in [-0.3, -0.25) is 4.79 Å². The third kappa shape index (κ3) is 2.12. The van der Waals surface area contributed by atoms with Gasteiger partial charge in [0.25, 0.3) is 0 Å². The summed E-state index contributed by atoms with van der Waals surface area (Å²) < 4.78 is 2.41. The minimum atomic E-state index is 0.598. The van der Waals surface area contributed by atoms with Gasteiger partial charge in [0.05, 0.1) is 0 Å². The zero-order valence-electron chi connectivity index (χ0n) is 12.6. The molecule has 1 fully saturated rings. The quantitative estimate of drug-likeness (QED) is 0.732. The zero-order valence-corrected chi connectivity index (χ0v) is 12.6. The molecule has 2 heteroatoms. The van der Waals surface area contributed by atoms with Crippen LogP contribution in [0.5, 0.6) is 0 Å². The second kappa shape index (κ2) is 5.32. The molecule has 0 bridgehead atoms. The number of benzene rings is 1. The SMILES string of the molecule is O=Cc1c2n(c3ccccc13)CCC2CC1CCCCC1. The topological polar surface area (TPSA) is 22.0 Å². The van der Waals surface area contributed by atoms with E-state index in [4.69, 9.17) is 0 Å². The average Bonchev–Trinajstić information content (AvgIpc) is 3.07. The van der Waals surface area contributed by atoms with Gasteiger partial charge < -0.3 is 4.57 Å². The van der Waals surface area contributed by atoms with E-state index in [0.29, 0.717) is 5.92 Å². The van der Waals surface area contributed by atoms with Crippen LogP contribution < -0.4 is 0 Å². The lowest BCUT2D eigenvalue weighted by Crippen LogP contribution is -2.10. The number of hydrogen-bond donors (Lipinski definition) is 0. The van der Waals surface area contributed by atoms with Gasteiger partial charge in [-0.2, -0.15) is 0 Å². The van der Waals surface area contributed by atoms with Crippen LogP contribution in [0, 0.1) is 5.92 Å². The van der Waals surface area contributed by atoms with Crippen molar-refractivity contribution >= 4 is 17.2 Å². The molecule has 1 aromatic heterocycles. The molecule has 0 amide bonds. The minimum Gasteiger partial charge on any atom is -0.344 e. The van der Waals surface area contributed by atoms with Crippen molar-refractivity contribution in [3.8, 4) is 0 Å². The van der Waals surface area contributed by atoms with Gasteiger partial charge in [0.15, 0.2) is 6.29 Å². The van der Waals surface area contributed by atoms with E-state index >= 15 is 0 Å². The molecule has 1 unspecified atom stereocenters. The molecule has 2 aromatic rings. The molecule has 1 aliphatic carbocycles. The molecule has 21 heavy (non-hydrogen) atoms. The predicted octanol–water partition coefficient (Wildman–Crippen LogP) is 4.91. The first-order chi connectivity index (χ1) is 10.4. The van der Waals surface area contributed by atoms with Gasteiger partial charge >= 0.3 is 0 Å². The lowest BCUT2D eigenvalue weighted by molar-refractivity contribution is 0.112. The summed E-state index contributed by atoms with van der Waals surface area (Å²) in [5, 5.41) is 1.15. The standard InChI is InChI=1S/C19H23NO/c21-13-17-16-8-4-5-9-18(16)20-11-10-15(19(17)20)12-14-6-2-1-3-7-14/h4-5,8-9,13-15H,1-3,6-7,10-12H2. The highest BCUT2D eigenvalue weighted by atomic mass is 16.1. The molecule has 0 spiro atoms. The van der Waals surface area contributed by atoms with E-state index < -0.39 is 0 Å². The Morgan fingerprint density at radius 2 is 1.90 bits per heavy atom. The molecule has 1 saturated carbocycles. The maximum Gasteiger partial charge on any atom is 0.152 e. The van der Waals surface area contributed by atoms with Crippen LogP contribution in [0.15, 0.2) is 24.3 Å². The molecule has 1 aliphatic heterocycles. The highest BCUT2D eigenvalue weighted by molar-refractivity contribution is 5.99. The van der Waals surface area contributed by atoms with E-state index in [1.165, 1.54) is 56.2 Å². The van der Waals surface area contributed by atoms with Crippen molar-refractivity contribution in [2.45, 2.75) is 57.4 Å². The monoisotopic (exact) mass is 281 g/mol. The highest BCUT2D eigenvalue weighted by Crippen LogP contribution is 2.42. The molecule has 1 atom stereocenters. The minimum absolute atomic E-state index is 0.598. The number of carbonyl (C=O) groups excluding carboxylic acids is 1. The fourth-order valence-corrected chi connectivity index (χ4v) is 4.63. The fourth-order valence-electron chi connectivity index (χ4n) is 4.63. The first kappa shape index (κ1) is 13.1. The largest absolute Gasteiger partial charge is 0.344 e. The summed E-state index contributed by atoms with van der Waals surface area (Å²) in [7, 11) is 0. The Kier molecular flexibility index (Phi) is 3.33. The number of aromatic nitrogens is 1. The molecule has 2 nitrogen and oxygen atoms in total. The Morgan fingerprint density at radius 1 is 1.10 bits per heavy atom. The summed E-state index contributed by atoms with van der Waals surface area (Å²) in [5.74, 6) is 1.48. The summed E-state index contributed by atoms with van der Waals surface area (Å²) in [4.78, 5) is 11.7. The number of aryl methyl sites for hydroxylation is 1. The Morgan fingerprint density at radius 3 is 2.71 bits per heavy atom. The van der Waals surface area contributed by atoms with Gasteiger partial charge in [-0.25, -0.2) is 0 Å². The Labute approximate surface area is 126 Å². The Bertz CT molecular complexity index is 664. The number of hydrogen-bond acceptors (Lipinski definition) is 1. The van der Waals surface area contributed by atoms with Crippen LogP contribution in [0.3, 0.4) is 0 Å². The van der Waals surface area contributed by atoms with Crippen LogP contribution in [0.25, 0.3) is 10.9 Å².